The second-order valence-corrected chi connectivity index (χ2v) is 12.7. The number of carboxylic acids is 2. The van der Waals surface area contributed by atoms with Gasteiger partial charge in [-0.25, -0.2) is 45.9 Å². The van der Waals surface area contributed by atoms with Crippen molar-refractivity contribution in [1.29, 1.82) is 0 Å². The number of hydrogen-bond acceptors (Lipinski definition) is 10. The van der Waals surface area contributed by atoms with Gasteiger partial charge in [0.2, 0.25) is 10.9 Å². The molecule has 2 aromatic carbocycles. The molecule has 0 spiro atoms. The van der Waals surface area contributed by atoms with Crippen molar-refractivity contribution in [2.45, 2.75) is 6.10 Å². The highest BCUT2D eigenvalue weighted by Crippen LogP contribution is 2.40. The van der Waals surface area contributed by atoms with Crippen molar-refractivity contribution in [3.8, 4) is 11.6 Å². The summed E-state index contributed by atoms with van der Waals surface area (Å²) in [4.78, 5) is 58.9. The normalized spacial score (nSPS) is 13.1. The third kappa shape index (κ3) is 5.90. The molecule has 0 aliphatic carbocycles. The van der Waals surface area contributed by atoms with Gasteiger partial charge >= 0.3 is 11.9 Å². The number of carbonyl (C=O) groups is 2. The Morgan fingerprint density at radius 2 is 1.22 bits per heavy atom. The zero-order valence-corrected chi connectivity index (χ0v) is 28.3. The monoisotopic (exact) mass is 807 g/mol. The summed E-state index contributed by atoms with van der Waals surface area (Å²) in [6.45, 7) is -0.199. The molecule has 0 saturated carbocycles. The summed E-state index contributed by atoms with van der Waals surface area (Å²) in [5.74, 6) is -15.9. The largest absolute Gasteiger partial charge is 0.477 e. The Labute approximate surface area is 309 Å². The Balaban J connectivity index is 1.47. The van der Waals surface area contributed by atoms with Crippen molar-refractivity contribution in [3.05, 3.63) is 113 Å². The molecule has 0 unspecified atom stereocenters. The van der Waals surface area contributed by atoms with Crippen LogP contribution in [-0.2, 0) is 0 Å². The van der Waals surface area contributed by atoms with Crippen LogP contribution in [0.4, 0.5) is 49.4 Å². The molecule has 4 aromatic heterocycles. The molecule has 22 heteroatoms. The Kier molecular flexibility index (Phi) is 8.86. The quantitative estimate of drug-likeness (QED) is 0.133. The van der Waals surface area contributed by atoms with Crippen LogP contribution in [0.25, 0.3) is 33.4 Å². The highest BCUT2D eigenvalue weighted by Gasteiger charge is 2.32. The molecule has 5 heterocycles. The van der Waals surface area contributed by atoms with Crippen LogP contribution in [0.5, 0.6) is 0 Å². The molecule has 0 bridgehead atoms. The molecule has 0 atom stereocenters. The first-order valence-electron chi connectivity index (χ1n) is 15.2. The van der Waals surface area contributed by atoms with E-state index in [4.69, 9.17) is 28.9 Å². The first-order valence-corrected chi connectivity index (χ1v) is 15.9. The number of benzene rings is 2. The molecule has 1 aliphatic rings. The zero-order chi connectivity index (χ0) is 39.9. The fraction of sp³-hybridized carbons (Fsp3) is 0.0909. The second-order valence-electron chi connectivity index (χ2n) is 11.9. The fourth-order valence-electron chi connectivity index (χ4n) is 5.97. The van der Waals surface area contributed by atoms with E-state index in [1.807, 2.05) is 0 Å². The average molecular weight is 808 g/mol. The number of nitrogens with zero attached hydrogens (tertiary/aromatic N) is 5. The number of anilines is 4. The summed E-state index contributed by atoms with van der Waals surface area (Å²) in [5, 5.41) is 28.4. The van der Waals surface area contributed by atoms with E-state index in [-0.39, 0.29) is 30.9 Å². The van der Waals surface area contributed by atoms with Gasteiger partial charge < -0.3 is 31.3 Å². The molecule has 1 saturated heterocycles. The Morgan fingerprint density at radius 3 is 1.75 bits per heavy atom. The number of nitrogens with two attached hydrogens (primary N) is 1. The topological polar surface area (TPSA) is 206 Å². The van der Waals surface area contributed by atoms with E-state index in [2.05, 4.69) is 15.3 Å². The minimum atomic E-state index is -1.85. The van der Waals surface area contributed by atoms with Crippen LogP contribution in [-0.4, -0.2) is 65.6 Å². The lowest BCUT2D eigenvalue weighted by Gasteiger charge is -2.38. The number of aromatic nitrogens is 4. The Bertz CT molecular complexity index is 2850. The second kappa shape index (κ2) is 13.2. The van der Waals surface area contributed by atoms with E-state index >= 15 is 22.0 Å². The van der Waals surface area contributed by atoms with Gasteiger partial charge in [0.1, 0.15) is 22.8 Å². The van der Waals surface area contributed by atoms with Crippen LogP contribution in [0.15, 0.2) is 46.2 Å². The Morgan fingerprint density at radius 1 is 0.727 bits per heavy atom. The van der Waals surface area contributed by atoms with Gasteiger partial charge in [0, 0.05) is 37.6 Å². The zero-order valence-electron chi connectivity index (χ0n) is 26.8. The van der Waals surface area contributed by atoms with E-state index in [9.17, 15) is 38.9 Å². The first kappa shape index (κ1) is 37.0. The number of pyridine rings is 4. The Hall–Kier alpha value is -6.38. The lowest BCUT2D eigenvalue weighted by molar-refractivity contribution is 0.0684. The van der Waals surface area contributed by atoms with Gasteiger partial charge in [-0.2, -0.15) is 0 Å². The predicted molar refractivity (Wildman–Crippen MR) is 184 cm³/mol. The summed E-state index contributed by atoms with van der Waals surface area (Å²) in [7, 11) is 0. The van der Waals surface area contributed by atoms with Gasteiger partial charge in [0.05, 0.1) is 49.3 Å². The molecule has 6 aromatic rings. The van der Waals surface area contributed by atoms with Crippen molar-refractivity contribution in [2.75, 3.05) is 29.0 Å². The molecular weight excluding hydrogens is 791 g/mol. The average Bonchev–Trinajstić information content (AvgIpc) is 3.09. The molecule has 1 aliphatic heterocycles. The molecule has 7 rings (SSSR count). The number of hydrogen-bond donors (Lipinski definition) is 5. The van der Waals surface area contributed by atoms with Gasteiger partial charge in [-0.05, 0) is 12.1 Å². The predicted octanol–water partition coefficient (Wildman–Crippen LogP) is 5.13. The number of aliphatic hydroxyl groups is 1. The number of nitrogens with one attached hydrogen (secondary N) is 1. The van der Waals surface area contributed by atoms with Gasteiger partial charge in [-0.1, -0.05) is 23.2 Å². The van der Waals surface area contributed by atoms with Crippen LogP contribution >= 0.6 is 23.2 Å². The molecule has 14 nitrogen and oxygen atoms in total. The summed E-state index contributed by atoms with van der Waals surface area (Å²) in [5.41, 5.74) is -1.59. The van der Waals surface area contributed by atoms with Gasteiger partial charge in [0.25, 0.3) is 0 Å². The summed E-state index contributed by atoms with van der Waals surface area (Å²) >= 11 is 13.1. The number of halogens is 8. The highest BCUT2D eigenvalue weighted by molar-refractivity contribution is 6.38. The van der Waals surface area contributed by atoms with E-state index < -0.39 is 136 Å². The lowest BCUT2D eigenvalue weighted by Crippen LogP contribution is -2.51. The van der Waals surface area contributed by atoms with Crippen molar-refractivity contribution in [3.63, 3.8) is 0 Å². The van der Waals surface area contributed by atoms with E-state index in [0.29, 0.717) is 33.7 Å². The maximum atomic E-state index is 15.8. The molecule has 55 heavy (non-hydrogen) atoms. The number of β-amino-alcohol motifs (C(OH)–C–C–N with tert-alkyl or cyclic N) is 1. The summed E-state index contributed by atoms with van der Waals surface area (Å²) < 4.78 is 92.5. The van der Waals surface area contributed by atoms with Gasteiger partial charge in [0.15, 0.2) is 46.5 Å². The molecule has 6 N–H and O–H groups in total. The van der Waals surface area contributed by atoms with Crippen LogP contribution in [0.3, 0.4) is 0 Å². The number of carboxylic acid groups (broad SMARTS) is 2. The van der Waals surface area contributed by atoms with E-state index in [0.717, 1.165) is 0 Å². The van der Waals surface area contributed by atoms with E-state index in [1.165, 1.54) is 4.90 Å². The minimum Gasteiger partial charge on any atom is -0.477 e. The molecule has 1 fully saturated rings. The lowest BCUT2D eigenvalue weighted by atomic mass is 10.1. The molecular formula is C33H17Cl2F6N7O7. The van der Waals surface area contributed by atoms with Crippen molar-refractivity contribution in [1.82, 2.24) is 19.1 Å². The van der Waals surface area contributed by atoms with Gasteiger partial charge in [-0.3, -0.25) is 18.7 Å². The number of rotatable bonds is 7. The smallest absolute Gasteiger partial charge is 0.341 e. The molecule has 282 valence electrons. The van der Waals surface area contributed by atoms with Gasteiger partial charge in [-0.15, -0.1) is 0 Å². The van der Waals surface area contributed by atoms with Crippen LogP contribution in [0, 0.1) is 34.9 Å². The third-order valence-electron chi connectivity index (χ3n) is 8.53. The van der Waals surface area contributed by atoms with Crippen molar-refractivity contribution < 1.29 is 51.3 Å². The van der Waals surface area contributed by atoms with Crippen LogP contribution in [0.1, 0.15) is 20.7 Å². The van der Waals surface area contributed by atoms with Crippen LogP contribution in [0.2, 0.25) is 10.0 Å². The highest BCUT2D eigenvalue weighted by atomic mass is 35.5. The number of aromatic carboxylic acids is 2. The maximum absolute atomic E-state index is 15.8. The number of nitrogen functional groups attached to an aromatic ring is 1. The van der Waals surface area contributed by atoms with Crippen molar-refractivity contribution in [2.24, 2.45) is 0 Å². The SMILES string of the molecule is Nc1nc(-n2cc(C(=O)O)c(=O)c3cc(F)c(Nc4nc(-n5cc(C(=O)O)c(=O)c6cc(F)c(N7CC(O)C7)c(Cl)c65)c(F)cc4F)c(Cl)c32)c(F)cc1F. The third-order valence-corrected chi connectivity index (χ3v) is 9.25. The number of aliphatic hydroxyl groups excluding tert-OH is 1. The summed E-state index contributed by atoms with van der Waals surface area (Å²) in [6, 6.07) is 1.57. The van der Waals surface area contributed by atoms with E-state index in [1.54, 1.807) is 0 Å². The molecule has 0 radical (unpaired) electrons. The summed E-state index contributed by atoms with van der Waals surface area (Å²) in [6.07, 6.45) is 0.256. The first-order chi connectivity index (χ1) is 25.9. The fourth-order valence-corrected chi connectivity index (χ4v) is 6.70. The van der Waals surface area contributed by atoms with Crippen LogP contribution < -0.4 is 26.8 Å². The maximum Gasteiger partial charge on any atom is 0.341 e. The van der Waals surface area contributed by atoms with Crippen molar-refractivity contribution >= 4 is 80.0 Å². The minimum absolute atomic E-state index is 0.0996. The molecule has 0 amide bonds. The standard InChI is InChI=1S/C33H17Cl2F6N7O7/c34-20-22(14(36)1-10-23(20)47(7-12(26(10)50)32(52)53)30-18(40)3-16(38)28(42)44-30)43-29-17(39)4-19(41)31(45-29)48-8-13(33(54)55)27(51)11-2-15(37)25(21(35)24(11)48)46-5-9(49)6-46/h1-4,7-9,49H,5-6H2,(H2,42,44)(H,43,45)(H,52,53)(H,54,55). The number of fused-ring (bicyclic) bond motifs is 2.